The molecule has 1 aromatic rings. The number of rotatable bonds is 4. The van der Waals surface area contributed by atoms with Gasteiger partial charge < -0.3 is 11.1 Å². The molecule has 0 spiro atoms. The lowest BCUT2D eigenvalue weighted by Crippen LogP contribution is -2.41. The SMILES string of the molecule is CCC(C)C(N)C(=O)Nc1c(F)cc(F)cc1F. The van der Waals surface area contributed by atoms with Crippen LogP contribution in [0.2, 0.25) is 0 Å². The third kappa shape index (κ3) is 3.22. The Labute approximate surface area is 103 Å². The van der Waals surface area contributed by atoms with E-state index >= 15 is 0 Å². The van der Waals surface area contributed by atoms with Crippen LogP contribution in [0, 0.1) is 23.4 Å². The first-order valence-electron chi connectivity index (χ1n) is 5.57. The fourth-order valence-electron chi connectivity index (χ4n) is 1.38. The summed E-state index contributed by atoms with van der Waals surface area (Å²) in [6, 6.07) is 0.111. The van der Waals surface area contributed by atoms with Gasteiger partial charge in [0.05, 0.1) is 6.04 Å². The Morgan fingerprint density at radius 2 is 1.83 bits per heavy atom. The van der Waals surface area contributed by atoms with Crippen LogP contribution in [0.15, 0.2) is 12.1 Å². The van der Waals surface area contributed by atoms with Crippen molar-refractivity contribution < 1.29 is 18.0 Å². The summed E-state index contributed by atoms with van der Waals surface area (Å²) in [5.41, 5.74) is 4.94. The van der Waals surface area contributed by atoms with Crippen LogP contribution in [-0.4, -0.2) is 11.9 Å². The standard InChI is InChI=1S/C12H15F3N2O/c1-3-6(2)10(16)12(18)17-11-8(14)4-7(13)5-9(11)15/h4-6,10H,3,16H2,1-2H3,(H,17,18). The molecule has 0 aromatic heterocycles. The highest BCUT2D eigenvalue weighted by Gasteiger charge is 2.22. The molecule has 0 aliphatic carbocycles. The van der Waals surface area contributed by atoms with Gasteiger partial charge in [0, 0.05) is 12.1 Å². The van der Waals surface area contributed by atoms with Crippen LogP contribution in [0.25, 0.3) is 0 Å². The molecule has 18 heavy (non-hydrogen) atoms. The van der Waals surface area contributed by atoms with Crippen LogP contribution in [0.3, 0.4) is 0 Å². The zero-order valence-electron chi connectivity index (χ0n) is 10.1. The van der Waals surface area contributed by atoms with E-state index in [-0.39, 0.29) is 5.92 Å². The highest BCUT2D eigenvalue weighted by Crippen LogP contribution is 2.20. The van der Waals surface area contributed by atoms with E-state index in [0.717, 1.165) is 0 Å². The molecule has 0 aliphatic heterocycles. The molecule has 0 heterocycles. The second-order valence-corrected chi connectivity index (χ2v) is 4.15. The van der Waals surface area contributed by atoms with Gasteiger partial charge in [0.2, 0.25) is 5.91 Å². The monoisotopic (exact) mass is 260 g/mol. The molecule has 1 amide bonds. The molecule has 6 heteroatoms. The van der Waals surface area contributed by atoms with Crippen LogP contribution in [0.5, 0.6) is 0 Å². The number of amides is 1. The van der Waals surface area contributed by atoms with Crippen LogP contribution >= 0.6 is 0 Å². The normalized spacial score (nSPS) is 14.1. The number of anilines is 1. The molecule has 0 fully saturated rings. The maximum atomic E-state index is 13.3. The summed E-state index contributed by atoms with van der Waals surface area (Å²) in [4.78, 5) is 11.6. The van der Waals surface area contributed by atoms with Crippen molar-refractivity contribution in [3.63, 3.8) is 0 Å². The summed E-state index contributed by atoms with van der Waals surface area (Å²) >= 11 is 0. The van der Waals surface area contributed by atoms with E-state index in [9.17, 15) is 18.0 Å². The number of carbonyl (C=O) groups excluding carboxylic acids is 1. The second kappa shape index (κ2) is 5.86. The first-order chi connectivity index (χ1) is 8.36. The minimum absolute atomic E-state index is 0.128. The van der Waals surface area contributed by atoms with Crippen molar-refractivity contribution in [3.8, 4) is 0 Å². The maximum absolute atomic E-state index is 13.3. The number of carbonyl (C=O) groups is 1. The number of hydrogen-bond acceptors (Lipinski definition) is 2. The van der Waals surface area contributed by atoms with Gasteiger partial charge in [0.25, 0.3) is 0 Å². The lowest BCUT2D eigenvalue weighted by Gasteiger charge is -2.18. The number of nitrogens with one attached hydrogen (secondary N) is 1. The predicted octanol–water partition coefficient (Wildman–Crippen LogP) is 2.42. The third-order valence-corrected chi connectivity index (χ3v) is 2.81. The average Bonchev–Trinajstić information content (AvgIpc) is 2.31. The average molecular weight is 260 g/mol. The molecule has 0 radical (unpaired) electrons. The summed E-state index contributed by atoms with van der Waals surface area (Å²) < 4.78 is 39.2. The first-order valence-corrected chi connectivity index (χ1v) is 5.57. The zero-order valence-corrected chi connectivity index (χ0v) is 10.1. The van der Waals surface area contributed by atoms with E-state index in [1.54, 1.807) is 6.92 Å². The van der Waals surface area contributed by atoms with Crippen LogP contribution in [0.1, 0.15) is 20.3 Å². The van der Waals surface area contributed by atoms with Crippen molar-refractivity contribution >= 4 is 11.6 Å². The Balaban J connectivity index is 2.89. The van der Waals surface area contributed by atoms with Gasteiger partial charge in [-0.15, -0.1) is 0 Å². The Morgan fingerprint density at radius 3 is 2.28 bits per heavy atom. The van der Waals surface area contributed by atoms with E-state index in [2.05, 4.69) is 0 Å². The molecule has 0 bridgehead atoms. The van der Waals surface area contributed by atoms with Gasteiger partial charge in [-0.05, 0) is 5.92 Å². The van der Waals surface area contributed by atoms with Gasteiger partial charge >= 0.3 is 0 Å². The van der Waals surface area contributed by atoms with E-state index in [4.69, 9.17) is 5.73 Å². The van der Waals surface area contributed by atoms with Crippen molar-refractivity contribution in [2.24, 2.45) is 11.7 Å². The highest BCUT2D eigenvalue weighted by molar-refractivity contribution is 5.95. The molecule has 1 aromatic carbocycles. The Morgan fingerprint density at radius 1 is 1.33 bits per heavy atom. The van der Waals surface area contributed by atoms with Gasteiger partial charge in [-0.2, -0.15) is 0 Å². The Kier molecular flexibility index (Phi) is 4.72. The lowest BCUT2D eigenvalue weighted by atomic mass is 9.99. The Hall–Kier alpha value is -1.56. The molecule has 2 unspecified atom stereocenters. The van der Waals surface area contributed by atoms with Gasteiger partial charge in [-0.3, -0.25) is 4.79 Å². The Bertz CT molecular complexity index is 428. The van der Waals surface area contributed by atoms with E-state index in [1.807, 2.05) is 12.2 Å². The summed E-state index contributed by atoms with van der Waals surface area (Å²) in [5.74, 6) is -4.21. The molecular formula is C12H15F3N2O. The molecule has 3 nitrogen and oxygen atoms in total. The first kappa shape index (κ1) is 14.5. The number of hydrogen-bond donors (Lipinski definition) is 2. The predicted molar refractivity (Wildman–Crippen MR) is 62.4 cm³/mol. The molecule has 0 saturated carbocycles. The molecule has 100 valence electrons. The number of nitrogens with two attached hydrogens (primary N) is 1. The van der Waals surface area contributed by atoms with Crippen LogP contribution in [0.4, 0.5) is 18.9 Å². The zero-order chi connectivity index (χ0) is 13.9. The van der Waals surface area contributed by atoms with E-state index in [1.165, 1.54) is 0 Å². The van der Waals surface area contributed by atoms with E-state index < -0.39 is 35.1 Å². The largest absolute Gasteiger partial charge is 0.320 e. The minimum Gasteiger partial charge on any atom is -0.320 e. The summed E-state index contributed by atoms with van der Waals surface area (Å²) in [7, 11) is 0. The molecule has 2 atom stereocenters. The van der Waals surface area contributed by atoms with Gasteiger partial charge in [-0.25, -0.2) is 13.2 Å². The van der Waals surface area contributed by atoms with Crippen molar-refractivity contribution in [2.45, 2.75) is 26.3 Å². The fourth-order valence-corrected chi connectivity index (χ4v) is 1.38. The van der Waals surface area contributed by atoms with Crippen molar-refractivity contribution in [1.29, 1.82) is 0 Å². The summed E-state index contributed by atoms with van der Waals surface area (Å²) in [5, 5.41) is 2.04. The number of halogens is 3. The smallest absolute Gasteiger partial charge is 0.241 e. The molecular weight excluding hydrogens is 245 g/mol. The van der Waals surface area contributed by atoms with Gasteiger partial charge in [-0.1, -0.05) is 20.3 Å². The quantitative estimate of drug-likeness (QED) is 0.873. The topological polar surface area (TPSA) is 55.1 Å². The molecule has 0 aliphatic rings. The number of benzene rings is 1. The molecule has 0 saturated heterocycles. The highest BCUT2D eigenvalue weighted by atomic mass is 19.1. The van der Waals surface area contributed by atoms with E-state index in [0.29, 0.717) is 18.6 Å². The van der Waals surface area contributed by atoms with Crippen LogP contribution in [-0.2, 0) is 4.79 Å². The van der Waals surface area contributed by atoms with Crippen molar-refractivity contribution in [1.82, 2.24) is 0 Å². The lowest BCUT2D eigenvalue weighted by molar-refractivity contribution is -0.118. The maximum Gasteiger partial charge on any atom is 0.241 e. The van der Waals surface area contributed by atoms with Crippen LogP contribution < -0.4 is 11.1 Å². The molecule has 1 rings (SSSR count). The van der Waals surface area contributed by atoms with Gasteiger partial charge in [0.1, 0.15) is 11.5 Å². The van der Waals surface area contributed by atoms with Crippen molar-refractivity contribution in [3.05, 3.63) is 29.6 Å². The third-order valence-electron chi connectivity index (χ3n) is 2.81. The minimum atomic E-state index is -1.17. The molecule has 3 N–H and O–H groups in total. The summed E-state index contributed by atoms with van der Waals surface area (Å²) in [6.45, 7) is 3.60. The summed E-state index contributed by atoms with van der Waals surface area (Å²) in [6.07, 6.45) is 0.656. The van der Waals surface area contributed by atoms with Crippen molar-refractivity contribution in [2.75, 3.05) is 5.32 Å². The fraction of sp³-hybridized carbons (Fsp3) is 0.417. The van der Waals surface area contributed by atoms with Gasteiger partial charge in [0.15, 0.2) is 11.6 Å². The second-order valence-electron chi connectivity index (χ2n) is 4.15.